The number of ether oxygens (including phenoxy) is 2. The van der Waals surface area contributed by atoms with Crippen LogP contribution in [-0.2, 0) is 4.74 Å². The molecule has 0 fully saturated rings. The topological polar surface area (TPSA) is 50.7 Å². The summed E-state index contributed by atoms with van der Waals surface area (Å²) in [6.45, 7) is 3.61. The Labute approximate surface area is 115 Å². The lowest BCUT2D eigenvalue weighted by Crippen LogP contribution is -2.40. The van der Waals surface area contributed by atoms with Crippen LogP contribution < -0.4 is 10.1 Å². The maximum atomic E-state index is 9.87. The van der Waals surface area contributed by atoms with E-state index >= 15 is 0 Å². The summed E-state index contributed by atoms with van der Waals surface area (Å²) in [4.78, 5) is 0. The number of aliphatic hydroxyl groups is 1. The Kier molecular flexibility index (Phi) is 8.21. The molecule has 0 aromatic heterocycles. The zero-order valence-corrected chi connectivity index (χ0v) is 11.8. The number of rotatable bonds is 10. The van der Waals surface area contributed by atoms with Crippen molar-refractivity contribution in [1.29, 1.82) is 0 Å². The molecule has 0 amide bonds. The Morgan fingerprint density at radius 3 is 2.58 bits per heavy atom. The lowest BCUT2D eigenvalue weighted by atomic mass is 10.2. The average Bonchev–Trinajstić information content (AvgIpc) is 2.44. The smallest absolute Gasteiger partial charge is 0.119 e. The standard InChI is InChI=1S/C15H25NO3/c1-3-7-13(11-18-2)16-10-14(17)12-19-15-8-5-4-6-9-15/h4-6,8-9,13-14,16-17H,3,7,10-12H2,1-2H3. The van der Waals surface area contributed by atoms with Gasteiger partial charge in [0, 0.05) is 19.7 Å². The Balaban J connectivity index is 2.21. The molecule has 4 nitrogen and oxygen atoms in total. The predicted octanol–water partition coefficient (Wildman–Crippen LogP) is 1.83. The van der Waals surface area contributed by atoms with Crippen LogP contribution in [0.2, 0.25) is 0 Å². The minimum atomic E-state index is -0.517. The first kappa shape index (κ1) is 16.0. The van der Waals surface area contributed by atoms with Crippen LogP contribution in [0.4, 0.5) is 0 Å². The molecule has 108 valence electrons. The summed E-state index contributed by atoms with van der Waals surface area (Å²) in [7, 11) is 1.69. The maximum absolute atomic E-state index is 9.87. The molecule has 2 atom stereocenters. The van der Waals surface area contributed by atoms with E-state index in [4.69, 9.17) is 9.47 Å². The van der Waals surface area contributed by atoms with Crippen molar-refractivity contribution in [3.63, 3.8) is 0 Å². The highest BCUT2D eigenvalue weighted by atomic mass is 16.5. The van der Waals surface area contributed by atoms with Crippen LogP contribution in [0.15, 0.2) is 30.3 Å². The first-order valence-corrected chi connectivity index (χ1v) is 6.84. The van der Waals surface area contributed by atoms with Crippen LogP contribution in [0.3, 0.4) is 0 Å². The Morgan fingerprint density at radius 1 is 1.21 bits per heavy atom. The van der Waals surface area contributed by atoms with Crippen LogP contribution in [-0.4, -0.2) is 44.1 Å². The van der Waals surface area contributed by atoms with E-state index in [0.29, 0.717) is 25.8 Å². The van der Waals surface area contributed by atoms with Gasteiger partial charge in [-0.05, 0) is 18.6 Å². The molecule has 4 heteroatoms. The highest BCUT2D eigenvalue weighted by molar-refractivity contribution is 5.20. The van der Waals surface area contributed by atoms with Crippen molar-refractivity contribution in [2.24, 2.45) is 0 Å². The minimum Gasteiger partial charge on any atom is -0.491 e. The molecule has 1 rings (SSSR count). The zero-order valence-electron chi connectivity index (χ0n) is 11.8. The molecule has 2 N–H and O–H groups in total. The van der Waals surface area contributed by atoms with Crippen LogP contribution in [0, 0.1) is 0 Å². The van der Waals surface area contributed by atoms with Crippen molar-refractivity contribution in [2.75, 3.05) is 26.9 Å². The van der Waals surface area contributed by atoms with Gasteiger partial charge in [-0.3, -0.25) is 0 Å². The van der Waals surface area contributed by atoms with Crippen molar-refractivity contribution in [3.05, 3.63) is 30.3 Å². The van der Waals surface area contributed by atoms with Gasteiger partial charge in [-0.25, -0.2) is 0 Å². The van der Waals surface area contributed by atoms with Gasteiger partial charge < -0.3 is 19.9 Å². The predicted molar refractivity (Wildman–Crippen MR) is 76.5 cm³/mol. The largest absolute Gasteiger partial charge is 0.491 e. The van der Waals surface area contributed by atoms with Gasteiger partial charge in [-0.2, -0.15) is 0 Å². The summed E-state index contributed by atoms with van der Waals surface area (Å²) in [5, 5.41) is 13.2. The quantitative estimate of drug-likeness (QED) is 0.679. The highest BCUT2D eigenvalue weighted by Crippen LogP contribution is 2.08. The maximum Gasteiger partial charge on any atom is 0.119 e. The van der Waals surface area contributed by atoms with E-state index in [1.54, 1.807) is 7.11 Å². The lowest BCUT2D eigenvalue weighted by Gasteiger charge is -2.19. The Hall–Kier alpha value is -1.10. The molecular weight excluding hydrogens is 242 g/mol. The minimum absolute atomic E-state index is 0.293. The normalized spacial score (nSPS) is 14.1. The summed E-state index contributed by atoms with van der Waals surface area (Å²) < 4.78 is 10.6. The fraction of sp³-hybridized carbons (Fsp3) is 0.600. The zero-order chi connectivity index (χ0) is 13.9. The fourth-order valence-corrected chi connectivity index (χ4v) is 1.86. The van der Waals surface area contributed by atoms with Gasteiger partial charge in [0.1, 0.15) is 18.5 Å². The van der Waals surface area contributed by atoms with Gasteiger partial charge in [0.05, 0.1) is 6.61 Å². The molecule has 19 heavy (non-hydrogen) atoms. The van der Waals surface area contributed by atoms with E-state index in [0.717, 1.165) is 18.6 Å². The number of para-hydroxylation sites is 1. The molecular formula is C15H25NO3. The number of hydrogen-bond donors (Lipinski definition) is 2. The average molecular weight is 267 g/mol. The van der Waals surface area contributed by atoms with E-state index in [-0.39, 0.29) is 0 Å². The van der Waals surface area contributed by atoms with Crippen molar-refractivity contribution in [2.45, 2.75) is 31.9 Å². The van der Waals surface area contributed by atoms with Gasteiger partial charge in [0.25, 0.3) is 0 Å². The Morgan fingerprint density at radius 2 is 1.95 bits per heavy atom. The molecule has 0 aliphatic rings. The van der Waals surface area contributed by atoms with E-state index < -0.39 is 6.10 Å². The van der Waals surface area contributed by atoms with Crippen molar-refractivity contribution in [3.8, 4) is 5.75 Å². The summed E-state index contributed by atoms with van der Waals surface area (Å²) in [5.41, 5.74) is 0. The molecule has 2 unspecified atom stereocenters. The molecule has 0 aliphatic heterocycles. The van der Waals surface area contributed by atoms with Gasteiger partial charge in [0.15, 0.2) is 0 Å². The lowest BCUT2D eigenvalue weighted by molar-refractivity contribution is 0.0946. The number of aliphatic hydroxyl groups excluding tert-OH is 1. The second kappa shape index (κ2) is 9.78. The van der Waals surface area contributed by atoms with Crippen molar-refractivity contribution < 1.29 is 14.6 Å². The molecule has 1 aromatic carbocycles. The molecule has 1 aromatic rings. The number of methoxy groups -OCH3 is 1. The molecule has 0 spiro atoms. The molecule has 0 bridgehead atoms. The molecule has 0 heterocycles. The van der Waals surface area contributed by atoms with Gasteiger partial charge >= 0.3 is 0 Å². The van der Waals surface area contributed by atoms with Gasteiger partial charge in [-0.1, -0.05) is 31.5 Å². The van der Waals surface area contributed by atoms with E-state index in [1.807, 2.05) is 30.3 Å². The van der Waals surface area contributed by atoms with Crippen molar-refractivity contribution in [1.82, 2.24) is 5.32 Å². The van der Waals surface area contributed by atoms with Crippen LogP contribution in [0.25, 0.3) is 0 Å². The van der Waals surface area contributed by atoms with E-state index in [2.05, 4.69) is 12.2 Å². The SMILES string of the molecule is CCCC(COC)NCC(O)COc1ccccc1. The third kappa shape index (κ3) is 7.15. The van der Waals surface area contributed by atoms with Crippen molar-refractivity contribution >= 4 is 0 Å². The third-order valence-corrected chi connectivity index (χ3v) is 2.83. The Bertz CT molecular complexity index is 312. The first-order valence-electron chi connectivity index (χ1n) is 6.84. The number of hydrogen-bond acceptors (Lipinski definition) is 4. The molecule has 0 saturated carbocycles. The van der Waals surface area contributed by atoms with Crippen LogP contribution in [0.1, 0.15) is 19.8 Å². The van der Waals surface area contributed by atoms with Gasteiger partial charge in [-0.15, -0.1) is 0 Å². The summed E-state index contributed by atoms with van der Waals surface area (Å²) >= 11 is 0. The third-order valence-electron chi connectivity index (χ3n) is 2.83. The molecule has 0 aliphatic carbocycles. The summed E-state index contributed by atoms with van der Waals surface area (Å²) in [6, 6.07) is 9.81. The number of benzene rings is 1. The van der Waals surface area contributed by atoms with E-state index in [1.165, 1.54) is 0 Å². The van der Waals surface area contributed by atoms with Crippen LogP contribution in [0.5, 0.6) is 5.75 Å². The van der Waals surface area contributed by atoms with Gasteiger partial charge in [0.2, 0.25) is 0 Å². The molecule has 0 radical (unpaired) electrons. The summed E-state index contributed by atoms with van der Waals surface area (Å²) in [5.74, 6) is 0.781. The highest BCUT2D eigenvalue weighted by Gasteiger charge is 2.10. The monoisotopic (exact) mass is 267 g/mol. The van der Waals surface area contributed by atoms with Crippen LogP contribution >= 0.6 is 0 Å². The summed E-state index contributed by atoms with van der Waals surface area (Å²) in [6.07, 6.45) is 1.62. The second-order valence-electron chi connectivity index (χ2n) is 4.63. The van der Waals surface area contributed by atoms with E-state index in [9.17, 15) is 5.11 Å². The number of nitrogens with one attached hydrogen (secondary N) is 1. The molecule has 0 saturated heterocycles. The first-order chi connectivity index (χ1) is 9.26. The second-order valence-corrected chi connectivity index (χ2v) is 4.63. The fourth-order valence-electron chi connectivity index (χ4n) is 1.86.